The number of nitrogens with one attached hydrogen (secondary N) is 1. The zero-order valence-electron chi connectivity index (χ0n) is 13.9. The lowest BCUT2D eigenvalue weighted by atomic mass is 9.87. The maximum atomic E-state index is 12.1. The van der Waals surface area contributed by atoms with Crippen molar-refractivity contribution in [1.29, 1.82) is 0 Å². The molecule has 0 atom stereocenters. The largest absolute Gasteiger partial charge is 0.493 e. The maximum absolute atomic E-state index is 12.1. The van der Waals surface area contributed by atoms with E-state index >= 15 is 0 Å². The Morgan fingerprint density at radius 1 is 1.21 bits per heavy atom. The highest BCUT2D eigenvalue weighted by molar-refractivity contribution is 7.91. The predicted molar refractivity (Wildman–Crippen MR) is 92.0 cm³/mol. The Bertz CT molecular complexity index is 865. The topological polar surface area (TPSA) is 115 Å². The molecule has 0 amide bonds. The van der Waals surface area contributed by atoms with E-state index in [2.05, 4.69) is 30.7 Å². The van der Waals surface area contributed by atoms with Crippen LogP contribution in [0.2, 0.25) is 0 Å². The number of nitrogen functional groups attached to an aromatic ring is 1. The molecule has 24 heavy (non-hydrogen) atoms. The van der Waals surface area contributed by atoms with Gasteiger partial charge in [0.05, 0.1) is 5.75 Å². The molecular formula is C16H21N3O4S. The molecule has 1 heterocycles. The number of aromatic nitrogens is 2. The number of benzene rings is 1. The second kappa shape index (κ2) is 6.64. The molecule has 0 saturated heterocycles. The molecular weight excluding hydrogens is 330 g/mol. The van der Waals surface area contributed by atoms with Crippen molar-refractivity contribution >= 4 is 15.7 Å². The number of nitrogens with two attached hydrogens (primary N) is 1. The van der Waals surface area contributed by atoms with Crippen LogP contribution in [0.25, 0.3) is 0 Å². The van der Waals surface area contributed by atoms with Gasteiger partial charge in [0.25, 0.3) is 5.56 Å². The molecule has 7 nitrogen and oxygen atoms in total. The quantitative estimate of drug-likeness (QED) is 0.789. The average molecular weight is 351 g/mol. The lowest BCUT2D eigenvalue weighted by Crippen LogP contribution is -2.21. The van der Waals surface area contributed by atoms with Crippen LogP contribution in [0.3, 0.4) is 0 Å². The van der Waals surface area contributed by atoms with Gasteiger partial charge in [-0.1, -0.05) is 32.9 Å². The molecule has 0 unspecified atom stereocenters. The number of ether oxygens (including phenoxy) is 1. The number of H-pyrrole nitrogens is 1. The van der Waals surface area contributed by atoms with E-state index in [0.29, 0.717) is 5.75 Å². The first-order chi connectivity index (χ1) is 11.1. The predicted octanol–water partition coefficient (Wildman–Crippen LogP) is 1.50. The second-order valence-electron chi connectivity index (χ2n) is 6.42. The van der Waals surface area contributed by atoms with Crippen LogP contribution in [0.5, 0.6) is 5.75 Å². The van der Waals surface area contributed by atoms with Gasteiger partial charge in [-0.15, -0.1) is 0 Å². The molecule has 0 aliphatic heterocycles. The Hall–Kier alpha value is -2.35. The van der Waals surface area contributed by atoms with Crippen LogP contribution in [0.4, 0.5) is 5.82 Å². The van der Waals surface area contributed by atoms with Gasteiger partial charge in [-0.2, -0.15) is 0 Å². The summed E-state index contributed by atoms with van der Waals surface area (Å²) in [6.45, 7) is 6.26. The van der Waals surface area contributed by atoms with Crippen LogP contribution in [0, 0.1) is 0 Å². The number of anilines is 1. The summed E-state index contributed by atoms with van der Waals surface area (Å²) in [4.78, 5) is 17.1. The minimum atomic E-state index is -3.78. The molecule has 3 N–H and O–H groups in total. The van der Waals surface area contributed by atoms with Crippen LogP contribution >= 0.6 is 0 Å². The molecule has 0 fully saturated rings. The summed E-state index contributed by atoms with van der Waals surface area (Å²) in [5, 5.41) is -0.445. The lowest BCUT2D eigenvalue weighted by molar-refractivity contribution is 0.340. The van der Waals surface area contributed by atoms with Gasteiger partial charge < -0.3 is 10.5 Å². The summed E-state index contributed by atoms with van der Waals surface area (Å²) in [5.74, 6) is 0.115. The summed E-state index contributed by atoms with van der Waals surface area (Å²) in [7, 11) is -3.78. The fourth-order valence-electron chi connectivity index (χ4n) is 2.02. The first kappa shape index (κ1) is 18.0. The van der Waals surface area contributed by atoms with Crippen LogP contribution in [-0.2, 0) is 15.3 Å². The Morgan fingerprint density at radius 2 is 1.83 bits per heavy atom. The van der Waals surface area contributed by atoms with E-state index in [1.54, 1.807) is 12.1 Å². The Balaban J connectivity index is 2.01. The number of nitrogens with zero attached hydrogens (tertiary/aromatic N) is 1. The smallest absolute Gasteiger partial charge is 0.253 e. The van der Waals surface area contributed by atoms with Gasteiger partial charge in [0.1, 0.15) is 18.2 Å². The maximum Gasteiger partial charge on any atom is 0.253 e. The zero-order valence-corrected chi connectivity index (χ0v) is 14.7. The normalized spacial score (nSPS) is 12.1. The highest BCUT2D eigenvalue weighted by Crippen LogP contribution is 2.24. The standard InChI is InChI=1S/C16H21N3O4S/c1-16(2,3)11-4-6-12(7-5-11)23-8-9-24(21,22)15-18-13(17)10-14(20)19-15/h4-7,10H,8-9H2,1-3H3,(H3,17,18,19,20). The van der Waals surface area contributed by atoms with E-state index in [1.165, 1.54) is 0 Å². The summed E-state index contributed by atoms with van der Waals surface area (Å²) in [5.41, 5.74) is 5.98. The van der Waals surface area contributed by atoms with Gasteiger partial charge in [0, 0.05) is 6.07 Å². The van der Waals surface area contributed by atoms with Gasteiger partial charge in [0.2, 0.25) is 15.0 Å². The highest BCUT2D eigenvalue weighted by atomic mass is 32.2. The third kappa shape index (κ3) is 4.58. The molecule has 0 saturated carbocycles. The fourth-order valence-corrected chi connectivity index (χ4v) is 3.01. The van der Waals surface area contributed by atoms with Crippen molar-refractivity contribution in [1.82, 2.24) is 9.97 Å². The van der Waals surface area contributed by atoms with Crippen molar-refractivity contribution in [2.45, 2.75) is 31.3 Å². The first-order valence-electron chi connectivity index (χ1n) is 7.41. The third-order valence-corrected chi connectivity index (χ3v) is 4.86. The highest BCUT2D eigenvalue weighted by Gasteiger charge is 2.18. The van der Waals surface area contributed by atoms with Crippen LogP contribution in [-0.4, -0.2) is 30.7 Å². The number of hydrogen-bond donors (Lipinski definition) is 2. The Morgan fingerprint density at radius 3 is 2.38 bits per heavy atom. The lowest BCUT2D eigenvalue weighted by Gasteiger charge is -2.19. The van der Waals surface area contributed by atoms with Gasteiger partial charge in [-0.3, -0.25) is 9.78 Å². The van der Waals surface area contributed by atoms with Crippen molar-refractivity contribution in [2.75, 3.05) is 18.1 Å². The molecule has 130 valence electrons. The number of hydrogen-bond acceptors (Lipinski definition) is 6. The van der Waals surface area contributed by atoms with Gasteiger partial charge >= 0.3 is 0 Å². The summed E-state index contributed by atoms with van der Waals surface area (Å²) in [6.07, 6.45) is 0. The molecule has 1 aromatic carbocycles. The van der Waals surface area contributed by atoms with Crippen LogP contribution < -0.4 is 16.0 Å². The molecule has 2 aromatic rings. The molecule has 0 radical (unpaired) electrons. The SMILES string of the molecule is CC(C)(C)c1ccc(OCCS(=O)(=O)c2nc(N)cc(=O)[nH]2)cc1. The van der Waals surface area contributed by atoms with Crippen molar-refractivity contribution in [3.05, 3.63) is 46.2 Å². The summed E-state index contributed by atoms with van der Waals surface area (Å²) >= 11 is 0. The minimum absolute atomic E-state index is 0.0344. The van der Waals surface area contributed by atoms with E-state index in [1.807, 2.05) is 12.1 Å². The summed E-state index contributed by atoms with van der Waals surface area (Å²) < 4.78 is 29.7. The second-order valence-corrected chi connectivity index (χ2v) is 8.44. The molecule has 1 aromatic heterocycles. The molecule has 2 rings (SSSR count). The Kier molecular flexibility index (Phi) is 4.98. The van der Waals surface area contributed by atoms with E-state index in [9.17, 15) is 13.2 Å². The average Bonchev–Trinajstić information content (AvgIpc) is 2.45. The molecule has 0 aliphatic carbocycles. The first-order valence-corrected chi connectivity index (χ1v) is 9.06. The fraction of sp³-hybridized carbons (Fsp3) is 0.375. The van der Waals surface area contributed by atoms with E-state index in [-0.39, 0.29) is 23.6 Å². The minimum Gasteiger partial charge on any atom is -0.493 e. The molecule has 0 bridgehead atoms. The molecule has 0 spiro atoms. The number of aromatic amines is 1. The zero-order chi connectivity index (χ0) is 18.0. The third-order valence-electron chi connectivity index (χ3n) is 3.38. The summed E-state index contributed by atoms with van der Waals surface area (Å²) in [6, 6.07) is 8.51. The van der Waals surface area contributed by atoms with Crippen LogP contribution in [0.1, 0.15) is 26.3 Å². The van der Waals surface area contributed by atoms with Gasteiger partial charge in [0.15, 0.2) is 0 Å². The number of sulfone groups is 1. The molecule has 0 aliphatic rings. The van der Waals surface area contributed by atoms with Gasteiger partial charge in [-0.05, 0) is 23.1 Å². The van der Waals surface area contributed by atoms with Crippen molar-refractivity contribution in [3.8, 4) is 5.75 Å². The van der Waals surface area contributed by atoms with Crippen LogP contribution in [0.15, 0.2) is 40.3 Å². The molecule has 8 heteroatoms. The van der Waals surface area contributed by atoms with Crippen molar-refractivity contribution in [2.24, 2.45) is 0 Å². The monoisotopic (exact) mass is 351 g/mol. The van der Waals surface area contributed by atoms with Crippen molar-refractivity contribution < 1.29 is 13.2 Å². The van der Waals surface area contributed by atoms with E-state index < -0.39 is 20.6 Å². The van der Waals surface area contributed by atoms with E-state index in [0.717, 1.165) is 11.6 Å². The van der Waals surface area contributed by atoms with Crippen molar-refractivity contribution in [3.63, 3.8) is 0 Å². The number of rotatable bonds is 5. The van der Waals surface area contributed by atoms with Gasteiger partial charge in [-0.25, -0.2) is 13.4 Å². The Labute approximate surface area is 140 Å². The van der Waals surface area contributed by atoms with E-state index in [4.69, 9.17) is 10.5 Å².